The van der Waals surface area contributed by atoms with Gasteiger partial charge in [0.15, 0.2) is 4.96 Å². The molecule has 3 aromatic heterocycles. The first-order valence-corrected chi connectivity index (χ1v) is 13.8. The van der Waals surface area contributed by atoms with Gasteiger partial charge in [0.25, 0.3) is 11.8 Å². The molecule has 9 heteroatoms. The van der Waals surface area contributed by atoms with E-state index < -0.39 is 0 Å². The molecule has 0 atom stereocenters. The van der Waals surface area contributed by atoms with E-state index in [1.807, 2.05) is 74.0 Å². The molecule has 2 aromatic carbocycles. The Kier molecular flexibility index (Phi) is 7.43. The largest absolute Gasteiger partial charge is 0.349 e. The van der Waals surface area contributed by atoms with Crippen LogP contribution in [0.15, 0.2) is 72.2 Å². The summed E-state index contributed by atoms with van der Waals surface area (Å²) in [7, 11) is 0. The molecule has 5 rings (SSSR count). The number of fused-ring (bicyclic) bond motifs is 1. The molecule has 7 nitrogen and oxygen atoms in total. The number of imidazole rings is 1. The van der Waals surface area contributed by atoms with Gasteiger partial charge >= 0.3 is 0 Å². The molecule has 5 aromatic rings. The summed E-state index contributed by atoms with van der Waals surface area (Å²) in [5.41, 5.74) is 3.80. The van der Waals surface area contributed by atoms with Gasteiger partial charge in [-0.2, -0.15) is 0 Å². The summed E-state index contributed by atoms with van der Waals surface area (Å²) < 4.78 is 1.80. The number of carbonyl (C=O) groups excluding carboxylic acids is 2. The van der Waals surface area contributed by atoms with Crippen molar-refractivity contribution in [1.82, 2.24) is 24.6 Å². The summed E-state index contributed by atoms with van der Waals surface area (Å²) in [5.74, 6) is -0.331. The van der Waals surface area contributed by atoms with Gasteiger partial charge in [-0.05, 0) is 31.4 Å². The molecule has 0 unspecified atom stereocenters. The number of benzene rings is 2. The van der Waals surface area contributed by atoms with Gasteiger partial charge < -0.3 is 10.2 Å². The lowest BCUT2D eigenvalue weighted by molar-refractivity contribution is 0.0745. The van der Waals surface area contributed by atoms with Crippen LogP contribution in [0.4, 0.5) is 0 Å². The molecule has 0 saturated carbocycles. The maximum absolute atomic E-state index is 13.8. The zero-order valence-electron chi connectivity index (χ0n) is 20.7. The molecule has 0 aliphatic rings. The summed E-state index contributed by atoms with van der Waals surface area (Å²) in [5, 5.41) is 5.74. The monoisotopic (exact) mass is 529 g/mol. The second-order valence-electron chi connectivity index (χ2n) is 8.66. The fourth-order valence-electron chi connectivity index (χ4n) is 4.29. The van der Waals surface area contributed by atoms with Crippen LogP contribution in [0.25, 0.3) is 15.4 Å². The second kappa shape index (κ2) is 11.1. The van der Waals surface area contributed by atoms with E-state index in [-0.39, 0.29) is 11.8 Å². The van der Waals surface area contributed by atoms with Crippen molar-refractivity contribution >= 4 is 39.4 Å². The van der Waals surface area contributed by atoms with Crippen LogP contribution in [0, 0.1) is 13.8 Å². The van der Waals surface area contributed by atoms with E-state index in [4.69, 9.17) is 0 Å². The van der Waals surface area contributed by atoms with Gasteiger partial charge in [0.1, 0.15) is 11.4 Å². The third kappa shape index (κ3) is 5.47. The van der Waals surface area contributed by atoms with Crippen LogP contribution >= 0.6 is 22.7 Å². The Morgan fingerprint density at radius 1 is 0.973 bits per heavy atom. The highest BCUT2D eigenvalue weighted by molar-refractivity contribution is 7.15. The highest BCUT2D eigenvalue weighted by Gasteiger charge is 2.24. The van der Waals surface area contributed by atoms with Crippen LogP contribution in [0.3, 0.4) is 0 Å². The van der Waals surface area contributed by atoms with Gasteiger partial charge in [0.2, 0.25) is 0 Å². The maximum atomic E-state index is 13.8. The van der Waals surface area contributed by atoms with Crippen molar-refractivity contribution < 1.29 is 9.59 Å². The lowest BCUT2D eigenvalue weighted by Crippen LogP contribution is -2.40. The van der Waals surface area contributed by atoms with Gasteiger partial charge in [0, 0.05) is 31.2 Å². The number of hydrogen-bond acceptors (Lipinski definition) is 6. The number of amides is 2. The number of rotatable bonds is 9. The fourth-order valence-corrected chi connectivity index (χ4v) is 5.96. The number of hydrogen-bond donors (Lipinski definition) is 1. The van der Waals surface area contributed by atoms with Crippen molar-refractivity contribution in [3.63, 3.8) is 0 Å². The molecule has 1 N–H and O–H groups in total. The van der Waals surface area contributed by atoms with E-state index in [0.717, 1.165) is 26.0 Å². The second-order valence-corrected chi connectivity index (χ2v) is 10.7. The molecule has 0 radical (unpaired) electrons. The molecule has 2 amide bonds. The summed E-state index contributed by atoms with van der Waals surface area (Å²) in [6.07, 6.45) is 2.56. The number of nitrogens with one attached hydrogen (secondary N) is 1. The van der Waals surface area contributed by atoms with Gasteiger partial charge in [-0.25, -0.2) is 9.97 Å². The smallest absolute Gasteiger partial charge is 0.274 e. The third-order valence-electron chi connectivity index (χ3n) is 6.09. The topological polar surface area (TPSA) is 79.6 Å². The standard InChI is InChI=1S/C28H27N5O2S2/c1-19-24(33-17-18-36-28(33)30-19)26(34)29-14-16-32(15-13-21-9-5-3-6-10-21)27(35)23-25(37-20(2)31-23)22-11-7-4-8-12-22/h3-12,17-18H,13-16H2,1-2H3,(H,29,34). The van der Waals surface area contributed by atoms with Crippen LogP contribution in [0.5, 0.6) is 0 Å². The third-order valence-corrected chi connectivity index (χ3v) is 7.87. The Balaban J connectivity index is 1.34. The summed E-state index contributed by atoms with van der Waals surface area (Å²) in [6.45, 7) is 4.96. The average molecular weight is 530 g/mol. The minimum atomic E-state index is -0.201. The highest BCUT2D eigenvalue weighted by Crippen LogP contribution is 2.31. The molecule has 0 fully saturated rings. The molecule has 0 saturated heterocycles. The number of carbonyl (C=O) groups is 2. The van der Waals surface area contributed by atoms with E-state index >= 15 is 0 Å². The van der Waals surface area contributed by atoms with Crippen molar-refractivity contribution in [3.8, 4) is 10.4 Å². The van der Waals surface area contributed by atoms with E-state index in [2.05, 4.69) is 27.4 Å². The molecular weight excluding hydrogens is 502 g/mol. The van der Waals surface area contributed by atoms with Gasteiger partial charge in [-0.3, -0.25) is 14.0 Å². The number of thiazole rings is 2. The first kappa shape index (κ1) is 24.9. The Labute approximate surface area is 223 Å². The van der Waals surface area contributed by atoms with Crippen LogP contribution in [-0.4, -0.2) is 50.7 Å². The van der Waals surface area contributed by atoms with Crippen LogP contribution < -0.4 is 5.32 Å². The van der Waals surface area contributed by atoms with Crippen molar-refractivity contribution in [1.29, 1.82) is 0 Å². The minimum Gasteiger partial charge on any atom is -0.349 e. The number of aromatic nitrogens is 3. The Morgan fingerprint density at radius 3 is 2.46 bits per heavy atom. The first-order valence-electron chi connectivity index (χ1n) is 12.1. The average Bonchev–Trinajstić information content (AvgIpc) is 3.60. The van der Waals surface area contributed by atoms with Crippen molar-refractivity contribution in [3.05, 3.63) is 99.9 Å². The number of nitrogens with zero attached hydrogens (tertiary/aromatic N) is 4. The predicted octanol–water partition coefficient (Wildman–Crippen LogP) is 5.25. The van der Waals surface area contributed by atoms with Crippen molar-refractivity contribution in [2.24, 2.45) is 0 Å². The molecular formula is C28H27N5O2S2. The van der Waals surface area contributed by atoms with Crippen LogP contribution in [-0.2, 0) is 6.42 Å². The number of aryl methyl sites for hydroxylation is 2. The van der Waals surface area contributed by atoms with Crippen LogP contribution in [0.2, 0.25) is 0 Å². The fraction of sp³-hybridized carbons (Fsp3) is 0.214. The molecule has 3 heterocycles. The molecule has 0 aliphatic heterocycles. The summed E-state index contributed by atoms with van der Waals surface area (Å²) >= 11 is 3.01. The SMILES string of the molecule is Cc1nc(C(=O)N(CCNC(=O)c2c(C)nc3sccn23)CCc2ccccc2)c(-c2ccccc2)s1. The Bertz CT molecular complexity index is 1520. The molecule has 0 spiro atoms. The van der Waals surface area contributed by atoms with Gasteiger partial charge in [0.05, 0.1) is 15.6 Å². The summed E-state index contributed by atoms with van der Waals surface area (Å²) in [4.78, 5) is 39.3. The molecule has 0 aliphatic carbocycles. The molecule has 188 valence electrons. The maximum Gasteiger partial charge on any atom is 0.274 e. The van der Waals surface area contributed by atoms with Crippen molar-refractivity contribution in [2.45, 2.75) is 20.3 Å². The summed E-state index contributed by atoms with van der Waals surface area (Å²) in [6, 6.07) is 20.0. The van der Waals surface area contributed by atoms with E-state index in [1.165, 1.54) is 22.7 Å². The van der Waals surface area contributed by atoms with E-state index in [1.54, 1.807) is 9.30 Å². The normalized spacial score (nSPS) is 11.1. The van der Waals surface area contributed by atoms with Crippen LogP contribution in [0.1, 0.15) is 37.2 Å². The van der Waals surface area contributed by atoms with Gasteiger partial charge in [-0.1, -0.05) is 60.7 Å². The first-order chi connectivity index (χ1) is 18.0. The van der Waals surface area contributed by atoms with E-state index in [0.29, 0.717) is 43.1 Å². The van der Waals surface area contributed by atoms with Crippen molar-refractivity contribution in [2.75, 3.05) is 19.6 Å². The molecule has 37 heavy (non-hydrogen) atoms. The lowest BCUT2D eigenvalue weighted by Gasteiger charge is -2.23. The zero-order chi connectivity index (χ0) is 25.8. The highest BCUT2D eigenvalue weighted by atomic mass is 32.1. The quantitative estimate of drug-likeness (QED) is 0.283. The minimum absolute atomic E-state index is 0.130. The van der Waals surface area contributed by atoms with E-state index in [9.17, 15) is 9.59 Å². The van der Waals surface area contributed by atoms with Gasteiger partial charge in [-0.15, -0.1) is 22.7 Å². The molecule has 0 bridgehead atoms. The lowest BCUT2D eigenvalue weighted by atomic mass is 10.1. The Morgan fingerprint density at radius 2 is 1.70 bits per heavy atom. The zero-order valence-corrected chi connectivity index (χ0v) is 22.3. The Hall–Kier alpha value is -3.82. The predicted molar refractivity (Wildman–Crippen MR) is 148 cm³/mol.